The molecule has 1 aromatic rings. The fraction of sp³-hybridized carbons (Fsp3) is 0.500. The molecule has 0 bridgehead atoms. The largest absolute Gasteiger partial charge is 0.299 e. The number of carbonyl (C=O) groups is 1. The summed E-state index contributed by atoms with van der Waals surface area (Å²) in [7, 11) is 0. The first kappa shape index (κ1) is 9.22. The highest BCUT2D eigenvalue weighted by Crippen LogP contribution is 2.37. The molecule has 1 fully saturated rings. The minimum absolute atomic E-state index is 0.0984. The highest BCUT2D eigenvalue weighted by atomic mass is 35.5. The van der Waals surface area contributed by atoms with Crippen LogP contribution in [0.3, 0.4) is 0 Å². The summed E-state index contributed by atoms with van der Waals surface area (Å²) in [5, 5.41) is 2.73. The van der Waals surface area contributed by atoms with Gasteiger partial charge in [-0.05, 0) is 24.3 Å². The van der Waals surface area contributed by atoms with Gasteiger partial charge in [0.2, 0.25) is 0 Å². The zero-order valence-electron chi connectivity index (χ0n) is 7.25. The van der Waals surface area contributed by atoms with Crippen LogP contribution in [-0.4, -0.2) is 5.78 Å². The fourth-order valence-corrected chi connectivity index (χ4v) is 3.16. The van der Waals surface area contributed by atoms with Crippen molar-refractivity contribution in [3.63, 3.8) is 0 Å². The van der Waals surface area contributed by atoms with Crippen LogP contribution in [-0.2, 0) is 4.79 Å². The van der Waals surface area contributed by atoms with E-state index in [1.165, 1.54) is 0 Å². The lowest BCUT2D eigenvalue weighted by Gasteiger charge is -2.19. The van der Waals surface area contributed by atoms with Crippen LogP contribution in [0.15, 0.2) is 11.4 Å². The molecule has 1 unspecified atom stereocenters. The summed E-state index contributed by atoms with van der Waals surface area (Å²) in [6.45, 7) is 0. The third-order valence-electron chi connectivity index (χ3n) is 2.52. The van der Waals surface area contributed by atoms with Crippen LogP contribution < -0.4 is 0 Å². The molecule has 70 valence electrons. The number of Topliss-reactive ketones (excluding diaryl/α,β-unsaturated/α-hetero) is 1. The Hall–Kier alpha value is -0.340. The van der Waals surface area contributed by atoms with Gasteiger partial charge in [0.1, 0.15) is 5.78 Å². The SMILES string of the molecule is O=C1CCCCC1c1sccc1Cl. The topological polar surface area (TPSA) is 17.1 Å². The molecule has 1 atom stereocenters. The summed E-state index contributed by atoms with van der Waals surface area (Å²) in [5.74, 6) is 0.469. The van der Waals surface area contributed by atoms with Crippen LogP contribution in [0.2, 0.25) is 5.02 Å². The Morgan fingerprint density at radius 1 is 1.46 bits per heavy atom. The predicted molar refractivity (Wildman–Crippen MR) is 55.5 cm³/mol. The van der Waals surface area contributed by atoms with Gasteiger partial charge in [-0.2, -0.15) is 0 Å². The predicted octanol–water partition coefficient (Wildman–Crippen LogP) is 3.63. The number of rotatable bonds is 1. The van der Waals surface area contributed by atoms with E-state index in [0.717, 1.165) is 35.6 Å². The molecule has 0 N–H and O–H groups in total. The van der Waals surface area contributed by atoms with Gasteiger partial charge in [0.05, 0.1) is 10.9 Å². The molecule has 1 heterocycles. The number of hydrogen-bond donors (Lipinski definition) is 0. The average Bonchev–Trinajstić information content (AvgIpc) is 2.52. The second-order valence-corrected chi connectivity index (χ2v) is 4.75. The van der Waals surface area contributed by atoms with Gasteiger partial charge >= 0.3 is 0 Å². The summed E-state index contributed by atoms with van der Waals surface area (Å²) in [6.07, 6.45) is 3.93. The first-order valence-corrected chi connectivity index (χ1v) is 5.80. The molecule has 1 aliphatic rings. The van der Waals surface area contributed by atoms with Crippen molar-refractivity contribution in [2.24, 2.45) is 0 Å². The number of ketones is 1. The third kappa shape index (κ3) is 1.79. The number of hydrogen-bond acceptors (Lipinski definition) is 2. The smallest absolute Gasteiger partial charge is 0.141 e. The molecule has 0 aliphatic heterocycles. The maximum atomic E-state index is 11.6. The lowest BCUT2D eigenvalue weighted by molar-refractivity contribution is -0.121. The summed E-state index contributed by atoms with van der Waals surface area (Å²) in [5.41, 5.74) is 0. The minimum Gasteiger partial charge on any atom is -0.299 e. The number of carbonyl (C=O) groups excluding carboxylic acids is 1. The number of halogens is 1. The molecule has 13 heavy (non-hydrogen) atoms. The van der Waals surface area contributed by atoms with Crippen LogP contribution in [0.4, 0.5) is 0 Å². The zero-order valence-corrected chi connectivity index (χ0v) is 8.83. The Kier molecular flexibility index (Phi) is 2.70. The van der Waals surface area contributed by atoms with Crippen LogP contribution in [0.1, 0.15) is 36.5 Å². The van der Waals surface area contributed by atoms with E-state index in [1.807, 2.05) is 11.4 Å². The van der Waals surface area contributed by atoms with Crippen molar-refractivity contribution in [3.8, 4) is 0 Å². The van der Waals surface area contributed by atoms with Crippen molar-refractivity contribution in [2.75, 3.05) is 0 Å². The van der Waals surface area contributed by atoms with Crippen molar-refractivity contribution in [3.05, 3.63) is 21.3 Å². The van der Waals surface area contributed by atoms with Gasteiger partial charge in [0.25, 0.3) is 0 Å². The first-order valence-electron chi connectivity index (χ1n) is 4.54. The van der Waals surface area contributed by atoms with Crippen LogP contribution in [0, 0.1) is 0 Å². The second kappa shape index (κ2) is 3.81. The van der Waals surface area contributed by atoms with Crippen molar-refractivity contribution >= 4 is 28.7 Å². The Morgan fingerprint density at radius 2 is 2.31 bits per heavy atom. The maximum absolute atomic E-state index is 11.6. The molecule has 2 rings (SSSR count). The lowest BCUT2D eigenvalue weighted by atomic mass is 9.87. The first-order chi connectivity index (χ1) is 6.29. The summed E-state index contributed by atoms with van der Waals surface area (Å²) < 4.78 is 0. The Morgan fingerprint density at radius 3 is 2.92 bits per heavy atom. The Labute approximate surface area is 86.7 Å². The van der Waals surface area contributed by atoms with E-state index >= 15 is 0 Å². The third-order valence-corrected chi connectivity index (χ3v) is 3.99. The quantitative estimate of drug-likeness (QED) is 0.698. The molecular formula is C10H11ClOS. The molecule has 1 aliphatic carbocycles. The van der Waals surface area contributed by atoms with E-state index in [4.69, 9.17) is 11.6 Å². The zero-order chi connectivity index (χ0) is 9.26. The van der Waals surface area contributed by atoms with Crippen LogP contribution in [0.25, 0.3) is 0 Å². The van der Waals surface area contributed by atoms with E-state index in [2.05, 4.69) is 0 Å². The van der Waals surface area contributed by atoms with Crippen molar-refractivity contribution < 1.29 is 4.79 Å². The highest BCUT2D eigenvalue weighted by molar-refractivity contribution is 7.10. The van der Waals surface area contributed by atoms with E-state index in [1.54, 1.807) is 11.3 Å². The molecule has 1 aromatic heterocycles. The molecule has 0 amide bonds. The molecule has 0 saturated heterocycles. The van der Waals surface area contributed by atoms with Gasteiger partial charge in [-0.1, -0.05) is 18.0 Å². The average molecular weight is 215 g/mol. The van der Waals surface area contributed by atoms with Crippen LogP contribution >= 0.6 is 22.9 Å². The van der Waals surface area contributed by atoms with Crippen molar-refractivity contribution in [1.82, 2.24) is 0 Å². The second-order valence-electron chi connectivity index (χ2n) is 3.40. The van der Waals surface area contributed by atoms with Crippen molar-refractivity contribution in [2.45, 2.75) is 31.6 Å². The lowest BCUT2D eigenvalue weighted by Crippen LogP contribution is -2.16. The summed E-state index contributed by atoms with van der Waals surface area (Å²) >= 11 is 7.60. The minimum atomic E-state index is 0.0984. The normalized spacial score (nSPS) is 23.5. The Bertz CT molecular complexity index is 318. The molecular weight excluding hydrogens is 204 g/mol. The van der Waals surface area contributed by atoms with Crippen molar-refractivity contribution in [1.29, 1.82) is 0 Å². The van der Waals surface area contributed by atoms with E-state index in [-0.39, 0.29) is 5.92 Å². The summed E-state index contributed by atoms with van der Waals surface area (Å²) in [4.78, 5) is 12.7. The standard InChI is InChI=1S/C10H11ClOS/c11-8-5-6-13-10(8)7-3-1-2-4-9(7)12/h5-7H,1-4H2. The highest BCUT2D eigenvalue weighted by Gasteiger charge is 2.26. The molecule has 1 saturated carbocycles. The van der Waals surface area contributed by atoms with Gasteiger partial charge in [0, 0.05) is 11.3 Å². The van der Waals surface area contributed by atoms with E-state index in [0.29, 0.717) is 5.78 Å². The van der Waals surface area contributed by atoms with Gasteiger partial charge in [-0.15, -0.1) is 11.3 Å². The molecule has 0 radical (unpaired) electrons. The number of thiophene rings is 1. The molecule has 0 aromatic carbocycles. The molecule has 3 heteroatoms. The monoisotopic (exact) mass is 214 g/mol. The van der Waals surface area contributed by atoms with E-state index < -0.39 is 0 Å². The summed E-state index contributed by atoms with van der Waals surface area (Å²) in [6, 6.07) is 1.88. The maximum Gasteiger partial charge on any atom is 0.141 e. The van der Waals surface area contributed by atoms with E-state index in [9.17, 15) is 4.79 Å². The van der Waals surface area contributed by atoms with Gasteiger partial charge in [0.15, 0.2) is 0 Å². The van der Waals surface area contributed by atoms with Gasteiger partial charge in [-0.3, -0.25) is 4.79 Å². The molecule has 1 nitrogen and oxygen atoms in total. The fourth-order valence-electron chi connectivity index (χ4n) is 1.81. The van der Waals surface area contributed by atoms with Gasteiger partial charge in [-0.25, -0.2) is 0 Å². The Balaban J connectivity index is 2.24. The molecule has 0 spiro atoms. The van der Waals surface area contributed by atoms with Gasteiger partial charge < -0.3 is 0 Å². The van der Waals surface area contributed by atoms with Crippen LogP contribution in [0.5, 0.6) is 0 Å².